The predicted molar refractivity (Wildman–Crippen MR) is 108 cm³/mol. The van der Waals surface area contributed by atoms with E-state index in [4.69, 9.17) is 5.73 Å². The van der Waals surface area contributed by atoms with Gasteiger partial charge in [0.15, 0.2) is 0 Å². The summed E-state index contributed by atoms with van der Waals surface area (Å²) in [5.74, 6) is -0.263. The molecule has 0 radical (unpaired) electrons. The third kappa shape index (κ3) is 3.52. The molecule has 2 aliphatic heterocycles. The lowest BCUT2D eigenvalue weighted by Crippen LogP contribution is -2.56. The van der Waals surface area contributed by atoms with Gasteiger partial charge in [0.2, 0.25) is 5.91 Å². The second-order valence-electron chi connectivity index (χ2n) is 9.88. The number of nitrogens with zero attached hydrogens (tertiary/aromatic N) is 2. The van der Waals surface area contributed by atoms with E-state index in [-0.39, 0.29) is 24.0 Å². The van der Waals surface area contributed by atoms with Gasteiger partial charge in [0, 0.05) is 6.54 Å². The number of carbonyl (C=O) groups excluding carboxylic acids is 3. The first kappa shape index (κ1) is 19.9. The van der Waals surface area contributed by atoms with Crippen molar-refractivity contribution in [1.29, 1.82) is 0 Å². The van der Waals surface area contributed by atoms with Crippen molar-refractivity contribution in [2.24, 2.45) is 17.1 Å². The molecule has 7 nitrogen and oxygen atoms in total. The Morgan fingerprint density at radius 3 is 2.55 bits per heavy atom. The highest BCUT2D eigenvalue weighted by molar-refractivity contribution is 6.07. The molecule has 1 saturated carbocycles. The molecule has 7 heteroatoms. The van der Waals surface area contributed by atoms with Crippen LogP contribution in [0.4, 0.5) is 4.79 Å². The highest BCUT2D eigenvalue weighted by Gasteiger charge is 2.56. The van der Waals surface area contributed by atoms with Gasteiger partial charge in [-0.3, -0.25) is 14.5 Å². The first-order valence-corrected chi connectivity index (χ1v) is 10.3. The number of hydrogen-bond acceptors (Lipinski definition) is 4. The van der Waals surface area contributed by atoms with E-state index in [1.165, 1.54) is 4.90 Å². The van der Waals surface area contributed by atoms with Crippen molar-refractivity contribution < 1.29 is 14.4 Å². The molecule has 2 heterocycles. The SMILES string of the molecule is C[C@@H]1CC(C)(C)C[C@@]2(C1)NC(=O)N(CN1Cc3ccccc3C[C@H]1C(N)=O)C2=O. The number of hydrogen-bond donors (Lipinski definition) is 2. The number of nitrogens with one attached hydrogen (secondary N) is 1. The molecule has 1 aromatic rings. The Hall–Kier alpha value is -2.41. The Morgan fingerprint density at radius 2 is 1.90 bits per heavy atom. The molecular formula is C22H30N4O3. The van der Waals surface area contributed by atoms with E-state index in [1.807, 2.05) is 29.2 Å². The van der Waals surface area contributed by atoms with Crippen LogP contribution in [0.3, 0.4) is 0 Å². The number of nitrogens with two attached hydrogens (primary N) is 1. The molecule has 4 amide bonds. The summed E-state index contributed by atoms with van der Waals surface area (Å²) < 4.78 is 0. The maximum absolute atomic E-state index is 13.4. The van der Waals surface area contributed by atoms with Crippen LogP contribution in [0.2, 0.25) is 0 Å². The van der Waals surface area contributed by atoms with Crippen LogP contribution in [0.1, 0.15) is 51.2 Å². The number of benzene rings is 1. The molecule has 1 aliphatic carbocycles. The second-order valence-corrected chi connectivity index (χ2v) is 9.88. The van der Waals surface area contributed by atoms with Gasteiger partial charge in [-0.25, -0.2) is 9.69 Å². The van der Waals surface area contributed by atoms with Gasteiger partial charge < -0.3 is 11.1 Å². The van der Waals surface area contributed by atoms with Crippen LogP contribution in [-0.4, -0.2) is 45.9 Å². The van der Waals surface area contributed by atoms with Gasteiger partial charge in [0.1, 0.15) is 5.54 Å². The van der Waals surface area contributed by atoms with Gasteiger partial charge in [-0.05, 0) is 48.1 Å². The highest BCUT2D eigenvalue weighted by Crippen LogP contribution is 2.46. The zero-order chi connectivity index (χ0) is 21.0. The van der Waals surface area contributed by atoms with E-state index < -0.39 is 17.5 Å². The van der Waals surface area contributed by atoms with Crippen LogP contribution in [-0.2, 0) is 22.6 Å². The molecule has 3 aliphatic rings. The topological polar surface area (TPSA) is 95.7 Å². The Kier molecular flexibility index (Phi) is 4.69. The van der Waals surface area contributed by atoms with Gasteiger partial charge in [-0.15, -0.1) is 0 Å². The lowest BCUT2D eigenvalue weighted by Gasteiger charge is -2.44. The fourth-order valence-corrected chi connectivity index (χ4v) is 5.82. The van der Waals surface area contributed by atoms with Gasteiger partial charge in [0.25, 0.3) is 5.91 Å². The smallest absolute Gasteiger partial charge is 0.326 e. The first-order valence-electron chi connectivity index (χ1n) is 10.3. The summed E-state index contributed by atoms with van der Waals surface area (Å²) >= 11 is 0. The highest BCUT2D eigenvalue weighted by atomic mass is 16.2. The molecule has 0 aromatic heterocycles. The molecule has 3 atom stereocenters. The summed E-state index contributed by atoms with van der Waals surface area (Å²) in [7, 11) is 0. The van der Waals surface area contributed by atoms with E-state index in [0.29, 0.717) is 31.7 Å². The number of amides is 4. The normalized spacial score (nSPS) is 31.6. The summed E-state index contributed by atoms with van der Waals surface area (Å²) in [5, 5.41) is 3.00. The summed E-state index contributed by atoms with van der Waals surface area (Å²) in [4.78, 5) is 41.5. The minimum absolute atomic E-state index is 0.0174. The quantitative estimate of drug-likeness (QED) is 0.761. The maximum Gasteiger partial charge on any atom is 0.326 e. The largest absolute Gasteiger partial charge is 0.368 e. The maximum atomic E-state index is 13.4. The Balaban J connectivity index is 1.58. The number of primary amides is 1. The molecule has 3 N–H and O–H groups in total. The molecule has 0 unspecified atom stereocenters. The van der Waals surface area contributed by atoms with Gasteiger partial charge in [-0.1, -0.05) is 45.0 Å². The monoisotopic (exact) mass is 398 g/mol. The van der Waals surface area contributed by atoms with Crippen molar-refractivity contribution in [3.8, 4) is 0 Å². The summed E-state index contributed by atoms with van der Waals surface area (Å²) in [5.41, 5.74) is 6.99. The molecule has 4 rings (SSSR count). The number of rotatable bonds is 3. The van der Waals surface area contributed by atoms with E-state index in [1.54, 1.807) is 0 Å². The molecule has 0 bridgehead atoms. The van der Waals surface area contributed by atoms with Crippen molar-refractivity contribution in [2.75, 3.05) is 6.67 Å². The molecular weight excluding hydrogens is 368 g/mol. The molecule has 1 aromatic carbocycles. The van der Waals surface area contributed by atoms with Crippen LogP contribution >= 0.6 is 0 Å². The third-order valence-corrected chi connectivity index (χ3v) is 6.62. The van der Waals surface area contributed by atoms with E-state index in [2.05, 4.69) is 26.1 Å². The lowest BCUT2D eigenvalue weighted by molar-refractivity contribution is -0.138. The van der Waals surface area contributed by atoms with Crippen molar-refractivity contribution in [2.45, 2.75) is 64.6 Å². The van der Waals surface area contributed by atoms with Crippen molar-refractivity contribution in [1.82, 2.24) is 15.1 Å². The average molecular weight is 399 g/mol. The molecule has 156 valence electrons. The van der Waals surface area contributed by atoms with Crippen molar-refractivity contribution >= 4 is 17.8 Å². The van der Waals surface area contributed by atoms with Gasteiger partial charge in [0.05, 0.1) is 12.7 Å². The van der Waals surface area contributed by atoms with Gasteiger partial charge >= 0.3 is 6.03 Å². The Morgan fingerprint density at radius 1 is 1.21 bits per heavy atom. The summed E-state index contributed by atoms with van der Waals surface area (Å²) in [6.07, 6.45) is 2.81. The lowest BCUT2D eigenvalue weighted by atomic mass is 9.64. The Bertz CT molecular complexity index is 867. The zero-order valence-electron chi connectivity index (χ0n) is 17.4. The van der Waals surface area contributed by atoms with Crippen molar-refractivity contribution in [3.05, 3.63) is 35.4 Å². The van der Waals surface area contributed by atoms with Crippen LogP contribution < -0.4 is 11.1 Å². The first-order chi connectivity index (χ1) is 13.6. The second kappa shape index (κ2) is 6.83. The Labute approximate surface area is 171 Å². The number of urea groups is 1. The molecule has 1 saturated heterocycles. The van der Waals surface area contributed by atoms with Crippen LogP contribution in [0, 0.1) is 11.3 Å². The third-order valence-electron chi connectivity index (χ3n) is 6.62. The predicted octanol–water partition coefficient (Wildman–Crippen LogP) is 1.99. The fraction of sp³-hybridized carbons (Fsp3) is 0.591. The fourth-order valence-electron chi connectivity index (χ4n) is 5.82. The molecule has 1 spiro atoms. The van der Waals surface area contributed by atoms with Crippen LogP contribution in [0.15, 0.2) is 24.3 Å². The zero-order valence-corrected chi connectivity index (χ0v) is 17.4. The van der Waals surface area contributed by atoms with Gasteiger partial charge in [-0.2, -0.15) is 0 Å². The average Bonchev–Trinajstić information content (AvgIpc) is 2.82. The molecule has 2 fully saturated rings. The minimum atomic E-state index is -0.839. The summed E-state index contributed by atoms with van der Waals surface area (Å²) in [6, 6.07) is 7.00. The number of carbonyl (C=O) groups is 3. The minimum Gasteiger partial charge on any atom is -0.368 e. The number of fused-ring (bicyclic) bond motifs is 1. The van der Waals surface area contributed by atoms with E-state index >= 15 is 0 Å². The van der Waals surface area contributed by atoms with E-state index in [0.717, 1.165) is 17.5 Å². The van der Waals surface area contributed by atoms with E-state index in [9.17, 15) is 14.4 Å². The number of imide groups is 1. The van der Waals surface area contributed by atoms with Crippen LogP contribution in [0.25, 0.3) is 0 Å². The summed E-state index contributed by atoms with van der Waals surface area (Å²) in [6.45, 7) is 6.99. The van der Waals surface area contributed by atoms with Crippen LogP contribution in [0.5, 0.6) is 0 Å². The molecule has 29 heavy (non-hydrogen) atoms. The van der Waals surface area contributed by atoms with Crippen molar-refractivity contribution in [3.63, 3.8) is 0 Å². The standard InChI is InChI=1S/C22H30N4O3/c1-14-9-21(2,3)12-22(10-14)19(28)26(20(29)24-22)13-25-11-16-7-5-4-6-15(16)8-17(25)18(23)27/h4-7,14,17H,8-13H2,1-3H3,(H2,23,27)(H,24,29)/t14-,17+,22-/m1/s1.